The van der Waals surface area contributed by atoms with Crippen LogP contribution in [0.15, 0.2) is 54.0 Å². The zero-order chi connectivity index (χ0) is 12.6. The molecule has 0 spiro atoms. The van der Waals surface area contributed by atoms with Crippen LogP contribution in [0.25, 0.3) is 0 Å². The molecule has 96 valence electrons. The number of ether oxygens (including phenoxy) is 1. The fraction of sp³-hybridized carbons (Fsp3) is 0.333. The van der Waals surface area contributed by atoms with Crippen LogP contribution in [0.5, 0.6) is 0 Å². The van der Waals surface area contributed by atoms with Gasteiger partial charge in [-0.1, -0.05) is 36.9 Å². The molecule has 2 rings (SSSR count). The molecule has 1 aliphatic rings. The summed E-state index contributed by atoms with van der Waals surface area (Å²) in [7, 11) is 0. The van der Waals surface area contributed by atoms with Gasteiger partial charge in [0, 0.05) is 18.0 Å². The van der Waals surface area contributed by atoms with Crippen LogP contribution < -0.4 is 0 Å². The van der Waals surface area contributed by atoms with Crippen molar-refractivity contribution in [2.75, 3.05) is 26.3 Å². The molecule has 3 heteroatoms. The third-order valence-electron chi connectivity index (χ3n) is 2.75. The van der Waals surface area contributed by atoms with E-state index in [2.05, 4.69) is 41.2 Å². The molecule has 0 amide bonds. The highest BCUT2D eigenvalue weighted by Crippen LogP contribution is 2.23. The van der Waals surface area contributed by atoms with Crippen molar-refractivity contribution in [1.82, 2.24) is 4.31 Å². The van der Waals surface area contributed by atoms with Crippen LogP contribution in [-0.2, 0) is 11.2 Å². The number of nitrogens with zero attached hydrogens (tertiary/aromatic N) is 1. The van der Waals surface area contributed by atoms with Crippen molar-refractivity contribution >= 4 is 11.9 Å². The van der Waals surface area contributed by atoms with Crippen LogP contribution in [0.3, 0.4) is 0 Å². The summed E-state index contributed by atoms with van der Waals surface area (Å²) in [4.78, 5) is 1.30. The van der Waals surface area contributed by atoms with Gasteiger partial charge in [0.1, 0.15) is 0 Å². The van der Waals surface area contributed by atoms with Gasteiger partial charge < -0.3 is 4.74 Å². The lowest BCUT2D eigenvalue weighted by Crippen LogP contribution is -2.30. The highest BCUT2D eigenvalue weighted by molar-refractivity contribution is 7.97. The van der Waals surface area contributed by atoms with E-state index in [4.69, 9.17) is 4.74 Å². The second-order valence-electron chi connectivity index (χ2n) is 4.14. The Morgan fingerprint density at radius 1 is 1.22 bits per heavy atom. The fourth-order valence-electron chi connectivity index (χ4n) is 1.77. The molecule has 2 nitrogen and oxygen atoms in total. The first-order chi connectivity index (χ1) is 8.88. The van der Waals surface area contributed by atoms with Crippen molar-refractivity contribution < 1.29 is 4.74 Å². The molecule has 18 heavy (non-hydrogen) atoms. The maximum Gasteiger partial charge on any atom is 0.0603 e. The molecule has 1 aromatic carbocycles. The van der Waals surface area contributed by atoms with E-state index >= 15 is 0 Å². The standard InChI is InChI=1S/C15H19NOS/c1-2-3-4-5-14-6-8-15(9-7-14)18-16-10-12-17-13-11-16/h2-4,6-9H,1,5,10-13H2/b4-3+. The summed E-state index contributed by atoms with van der Waals surface area (Å²) in [6.45, 7) is 7.37. The highest BCUT2D eigenvalue weighted by atomic mass is 32.2. The lowest BCUT2D eigenvalue weighted by atomic mass is 10.1. The molecule has 1 aliphatic heterocycles. The Bertz CT molecular complexity index is 393. The first kappa shape index (κ1) is 13.4. The Balaban J connectivity index is 1.86. The molecule has 0 bridgehead atoms. The highest BCUT2D eigenvalue weighted by Gasteiger charge is 2.11. The van der Waals surface area contributed by atoms with Gasteiger partial charge in [-0.15, -0.1) is 0 Å². The predicted molar refractivity (Wildman–Crippen MR) is 77.7 cm³/mol. The average Bonchev–Trinajstić information content (AvgIpc) is 2.42. The molecule has 0 radical (unpaired) electrons. The van der Waals surface area contributed by atoms with Crippen molar-refractivity contribution in [2.24, 2.45) is 0 Å². The summed E-state index contributed by atoms with van der Waals surface area (Å²) in [5, 5.41) is 0. The minimum Gasteiger partial charge on any atom is -0.379 e. The van der Waals surface area contributed by atoms with Crippen LogP contribution in [-0.4, -0.2) is 30.6 Å². The van der Waals surface area contributed by atoms with Gasteiger partial charge in [-0.25, -0.2) is 4.31 Å². The number of rotatable bonds is 5. The molecule has 1 heterocycles. The largest absolute Gasteiger partial charge is 0.379 e. The topological polar surface area (TPSA) is 12.5 Å². The van der Waals surface area contributed by atoms with Crippen molar-refractivity contribution in [3.8, 4) is 0 Å². The SMILES string of the molecule is C=C/C=C/Cc1ccc(SN2CCOCC2)cc1. The first-order valence-electron chi connectivity index (χ1n) is 6.25. The summed E-state index contributed by atoms with van der Waals surface area (Å²) >= 11 is 1.82. The predicted octanol–water partition coefficient (Wildman–Crippen LogP) is 3.31. The third kappa shape index (κ3) is 4.33. The van der Waals surface area contributed by atoms with Gasteiger partial charge in [-0.05, 0) is 36.1 Å². The Kier molecular flexibility index (Phi) is 5.52. The molecule has 0 saturated carbocycles. The van der Waals surface area contributed by atoms with Crippen LogP contribution in [0.4, 0.5) is 0 Å². The van der Waals surface area contributed by atoms with Crippen LogP contribution in [0, 0.1) is 0 Å². The molecule has 1 fully saturated rings. The van der Waals surface area contributed by atoms with Gasteiger partial charge in [-0.3, -0.25) is 0 Å². The lowest BCUT2D eigenvalue weighted by molar-refractivity contribution is 0.0773. The van der Waals surface area contributed by atoms with E-state index in [0.29, 0.717) is 0 Å². The monoisotopic (exact) mass is 261 g/mol. The normalized spacial score (nSPS) is 17.1. The molecular formula is C15H19NOS. The number of benzene rings is 1. The average molecular weight is 261 g/mol. The van der Waals surface area contributed by atoms with E-state index in [-0.39, 0.29) is 0 Å². The summed E-state index contributed by atoms with van der Waals surface area (Å²) < 4.78 is 7.70. The lowest BCUT2D eigenvalue weighted by Gasteiger charge is -2.25. The van der Waals surface area contributed by atoms with Gasteiger partial charge in [0.2, 0.25) is 0 Å². The molecular weight excluding hydrogens is 242 g/mol. The van der Waals surface area contributed by atoms with E-state index in [0.717, 1.165) is 32.7 Å². The third-order valence-corrected chi connectivity index (χ3v) is 3.86. The number of hydrogen-bond donors (Lipinski definition) is 0. The summed E-state index contributed by atoms with van der Waals surface area (Å²) in [6.07, 6.45) is 6.88. The number of allylic oxidation sites excluding steroid dienone is 3. The Morgan fingerprint density at radius 2 is 1.94 bits per heavy atom. The smallest absolute Gasteiger partial charge is 0.0603 e. The maximum atomic E-state index is 5.34. The fourth-order valence-corrected chi connectivity index (χ4v) is 2.66. The maximum absolute atomic E-state index is 5.34. The second-order valence-corrected chi connectivity index (χ2v) is 5.31. The molecule has 0 aliphatic carbocycles. The molecule has 1 aromatic rings. The van der Waals surface area contributed by atoms with Gasteiger partial charge in [0.25, 0.3) is 0 Å². The zero-order valence-corrected chi connectivity index (χ0v) is 11.4. The number of hydrogen-bond acceptors (Lipinski definition) is 3. The van der Waals surface area contributed by atoms with Crippen LogP contribution >= 0.6 is 11.9 Å². The van der Waals surface area contributed by atoms with Crippen molar-refractivity contribution in [1.29, 1.82) is 0 Å². The molecule has 1 saturated heterocycles. The summed E-state index contributed by atoms with van der Waals surface area (Å²) in [5.41, 5.74) is 1.33. The van der Waals surface area contributed by atoms with Gasteiger partial charge >= 0.3 is 0 Å². The summed E-state index contributed by atoms with van der Waals surface area (Å²) in [5.74, 6) is 0. The van der Waals surface area contributed by atoms with Gasteiger partial charge in [0.15, 0.2) is 0 Å². The number of morpholine rings is 1. The minimum atomic E-state index is 0.845. The Hall–Kier alpha value is -1.03. The Morgan fingerprint density at radius 3 is 2.61 bits per heavy atom. The van der Waals surface area contributed by atoms with Crippen molar-refractivity contribution in [3.63, 3.8) is 0 Å². The molecule has 0 aromatic heterocycles. The second kappa shape index (κ2) is 7.41. The van der Waals surface area contributed by atoms with Crippen molar-refractivity contribution in [2.45, 2.75) is 11.3 Å². The molecule has 0 unspecified atom stereocenters. The van der Waals surface area contributed by atoms with Crippen LogP contribution in [0.1, 0.15) is 5.56 Å². The van der Waals surface area contributed by atoms with E-state index in [1.807, 2.05) is 24.1 Å². The van der Waals surface area contributed by atoms with E-state index in [1.165, 1.54) is 10.5 Å². The van der Waals surface area contributed by atoms with E-state index < -0.39 is 0 Å². The first-order valence-corrected chi connectivity index (χ1v) is 7.03. The van der Waals surface area contributed by atoms with E-state index in [1.54, 1.807) is 0 Å². The van der Waals surface area contributed by atoms with Gasteiger partial charge in [-0.2, -0.15) is 0 Å². The van der Waals surface area contributed by atoms with Crippen molar-refractivity contribution in [3.05, 3.63) is 54.6 Å². The minimum absolute atomic E-state index is 0.845. The Labute approximate surface area is 113 Å². The molecule has 0 atom stereocenters. The van der Waals surface area contributed by atoms with Gasteiger partial charge in [0.05, 0.1) is 13.2 Å². The molecule has 0 N–H and O–H groups in total. The quantitative estimate of drug-likeness (QED) is 0.596. The zero-order valence-electron chi connectivity index (χ0n) is 10.5. The van der Waals surface area contributed by atoms with Crippen LogP contribution in [0.2, 0.25) is 0 Å². The van der Waals surface area contributed by atoms with E-state index in [9.17, 15) is 0 Å². The summed E-state index contributed by atoms with van der Waals surface area (Å²) in [6, 6.07) is 8.76.